The second kappa shape index (κ2) is 15.2. The molecule has 0 fully saturated rings. The van der Waals surface area contributed by atoms with Crippen LogP contribution in [0.5, 0.6) is 0 Å². The van der Waals surface area contributed by atoms with E-state index in [1.165, 1.54) is 7.05 Å². The third kappa shape index (κ3) is 9.69. The van der Waals surface area contributed by atoms with Crippen molar-refractivity contribution in [2.75, 3.05) is 53.2 Å². The van der Waals surface area contributed by atoms with Gasteiger partial charge in [-0.1, -0.05) is 0 Å². The van der Waals surface area contributed by atoms with E-state index in [9.17, 15) is 9.59 Å². The molecule has 24 heavy (non-hydrogen) atoms. The van der Waals surface area contributed by atoms with Crippen molar-refractivity contribution in [2.24, 2.45) is 11.1 Å². The van der Waals surface area contributed by atoms with Crippen LogP contribution < -0.4 is 11.1 Å². The van der Waals surface area contributed by atoms with Gasteiger partial charge in [0.05, 0.1) is 51.7 Å². The second-order valence-electron chi connectivity index (χ2n) is 4.56. The van der Waals surface area contributed by atoms with Crippen LogP contribution in [-0.2, 0) is 9.59 Å². The van der Waals surface area contributed by atoms with Crippen LogP contribution in [0, 0.1) is 5.41 Å². The molecule has 0 atom stereocenters. The Morgan fingerprint density at radius 1 is 0.792 bits per heavy atom. The van der Waals surface area contributed by atoms with Gasteiger partial charge in [-0.25, -0.2) is 0 Å². The minimum atomic E-state index is -1.79. The minimum absolute atomic E-state index is 0.415. The van der Waals surface area contributed by atoms with Crippen molar-refractivity contribution >= 4 is 11.9 Å². The molecule has 0 heterocycles. The summed E-state index contributed by atoms with van der Waals surface area (Å²) in [6, 6.07) is 0. The SMILES string of the molecule is CN.O=C(O)C(CO)(CO)CO.O=C(O)CNC(CO)(CO)CO. The quantitative estimate of drug-likeness (QED) is 0.176. The first-order valence-electron chi connectivity index (χ1n) is 6.66. The molecule has 0 saturated heterocycles. The van der Waals surface area contributed by atoms with E-state index < -0.39 is 69.1 Å². The van der Waals surface area contributed by atoms with Gasteiger partial charge >= 0.3 is 11.9 Å². The van der Waals surface area contributed by atoms with Gasteiger partial charge in [-0.3, -0.25) is 14.9 Å². The predicted octanol–water partition coefficient (Wildman–Crippen LogP) is -5.01. The van der Waals surface area contributed by atoms with Gasteiger partial charge < -0.3 is 46.6 Å². The summed E-state index contributed by atoms with van der Waals surface area (Å²) in [5.74, 6) is -2.52. The van der Waals surface area contributed by atoms with Crippen molar-refractivity contribution in [2.45, 2.75) is 5.54 Å². The molecule has 0 rings (SSSR count). The molecular formula is C12H28N2O10. The summed E-state index contributed by atoms with van der Waals surface area (Å²) in [6.07, 6.45) is 0. The number of carboxylic acid groups (broad SMARTS) is 2. The largest absolute Gasteiger partial charge is 0.481 e. The highest BCUT2D eigenvalue weighted by atomic mass is 16.4. The number of carbonyl (C=O) groups is 2. The smallest absolute Gasteiger partial charge is 0.317 e. The molecule has 0 unspecified atom stereocenters. The zero-order valence-corrected chi connectivity index (χ0v) is 13.4. The van der Waals surface area contributed by atoms with Crippen LogP contribution in [0.3, 0.4) is 0 Å². The van der Waals surface area contributed by atoms with Gasteiger partial charge in [-0.2, -0.15) is 0 Å². The summed E-state index contributed by atoms with van der Waals surface area (Å²) in [7, 11) is 1.50. The molecule has 0 aromatic heterocycles. The highest BCUT2D eigenvalue weighted by molar-refractivity contribution is 5.75. The van der Waals surface area contributed by atoms with E-state index in [0.29, 0.717) is 0 Å². The van der Waals surface area contributed by atoms with Crippen LogP contribution in [0.4, 0.5) is 0 Å². The fraction of sp³-hybridized carbons (Fsp3) is 0.833. The Bertz CT molecular complexity index is 315. The normalized spacial score (nSPS) is 10.8. The Kier molecular flexibility index (Phi) is 17.4. The third-order valence-electron chi connectivity index (χ3n) is 2.88. The second-order valence-corrected chi connectivity index (χ2v) is 4.56. The molecular weight excluding hydrogens is 332 g/mol. The predicted molar refractivity (Wildman–Crippen MR) is 81.1 cm³/mol. The fourth-order valence-electron chi connectivity index (χ4n) is 0.934. The summed E-state index contributed by atoms with van der Waals surface area (Å²) in [4.78, 5) is 20.3. The van der Waals surface area contributed by atoms with E-state index >= 15 is 0 Å². The lowest BCUT2D eigenvalue weighted by molar-refractivity contribution is -0.158. The Morgan fingerprint density at radius 3 is 1.25 bits per heavy atom. The first-order chi connectivity index (χ1) is 11.2. The van der Waals surface area contributed by atoms with E-state index in [1.807, 2.05) is 0 Å². The lowest BCUT2D eigenvalue weighted by Crippen LogP contribution is -2.56. The van der Waals surface area contributed by atoms with Gasteiger partial charge in [0.25, 0.3) is 0 Å². The van der Waals surface area contributed by atoms with Gasteiger partial charge in [-0.15, -0.1) is 0 Å². The summed E-state index contributed by atoms with van der Waals surface area (Å²) in [5.41, 5.74) is 1.40. The lowest BCUT2D eigenvalue weighted by atomic mass is 9.92. The molecule has 0 radical (unpaired) electrons. The monoisotopic (exact) mass is 360 g/mol. The van der Waals surface area contributed by atoms with Crippen molar-refractivity contribution in [3.8, 4) is 0 Å². The molecule has 0 spiro atoms. The average Bonchev–Trinajstić information content (AvgIpc) is 2.60. The number of hydrogen-bond donors (Lipinski definition) is 10. The topological polar surface area (TPSA) is 234 Å². The van der Waals surface area contributed by atoms with Crippen LogP contribution in [0.15, 0.2) is 0 Å². The number of aliphatic hydroxyl groups is 6. The first-order valence-corrected chi connectivity index (χ1v) is 6.66. The van der Waals surface area contributed by atoms with Gasteiger partial charge in [0.2, 0.25) is 0 Å². The maximum Gasteiger partial charge on any atom is 0.317 e. The van der Waals surface area contributed by atoms with Crippen molar-refractivity contribution in [1.29, 1.82) is 0 Å². The van der Waals surface area contributed by atoms with Crippen LogP contribution in [0.1, 0.15) is 0 Å². The van der Waals surface area contributed by atoms with Crippen LogP contribution in [0.2, 0.25) is 0 Å². The molecule has 0 amide bonds. The molecule has 11 N–H and O–H groups in total. The zero-order valence-electron chi connectivity index (χ0n) is 13.4. The summed E-state index contributed by atoms with van der Waals surface area (Å²) < 4.78 is 0. The first kappa shape index (κ1) is 27.5. The van der Waals surface area contributed by atoms with Gasteiger partial charge in [0.1, 0.15) is 5.41 Å². The molecule has 12 heteroatoms. The van der Waals surface area contributed by atoms with Crippen LogP contribution >= 0.6 is 0 Å². The van der Waals surface area contributed by atoms with Crippen molar-refractivity contribution < 1.29 is 50.4 Å². The molecule has 0 aromatic rings. The van der Waals surface area contributed by atoms with Crippen LogP contribution in [-0.4, -0.2) is 112 Å². The maximum absolute atomic E-state index is 10.2. The minimum Gasteiger partial charge on any atom is -0.481 e. The lowest BCUT2D eigenvalue weighted by Gasteiger charge is -2.27. The Hall–Kier alpha value is -1.38. The fourth-order valence-corrected chi connectivity index (χ4v) is 0.934. The number of nitrogens with one attached hydrogen (secondary N) is 1. The molecule has 0 aromatic carbocycles. The molecule has 0 bridgehead atoms. The average molecular weight is 360 g/mol. The third-order valence-corrected chi connectivity index (χ3v) is 2.88. The molecule has 12 nitrogen and oxygen atoms in total. The number of nitrogens with two attached hydrogens (primary N) is 1. The number of aliphatic carboxylic acids is 2. The van der Waals surface area contributed by atoms with E-state index in [0.717, 1.165) is 0 Å². The highest BCUT2D eigenvalue weighted by Crippen LogP contribution is 2.13. The van der Waals surface area contributed by atoms with Crippen molar-refractivity contribution in [1.82, 2.24) is 5.32 Å². The van der Waals surface area contributed by atoms with E-state index in [-0.39, 0.29) is 0 Å². The van der Waals surface area contributed by atoms with E-state index in [2.05, 4.69) is 11.1 Å². The summed E-state index contributed by atoms with van der Waals surface area (Å²) in [5, 5.41) is 70.4. The zero-order chi connectivity index (χ0) is 19.8. The Labute approximate surface area is 138 Å². The number of carboxylic acids is 2. The Balaban J connectivity index is -0.000000337. The van der Waals surface area contributed by atoms with Gasteiger partial charge in [-0.05, 0) is 7.05 Å². The number of rotatable bonds is 10. The molecule has 146 valence electrons. The Morgan fingerprint density at radius 2 is 1.12 bits per heavy atom. The molecule has 0 saturated carbocycles. The van der Waals surface area contributed by atoms with Gasteiger partial charge in [0, 0.05) is 0 Å². The van der Waals surface area contributed by atoms with E-state index in [1.54, 1.807) is 0 Å². The summed E-state index contributed by atoms with van der Waals surface area (Å²) >= 11 is 0. The summed E-state index contributed by atoms with van der Waals surface area (Å²) in [6.45, 7) is -4.28. The maximum atomic E-state index is 10.2. The van der Waals surface area contributed by atoms with E-state index in [4.69, 9.17) is 40.9 Å². The standard InChI is InChI=1S/C6H13NO5.C5H10O5.CH5N/c8-2-6(3-9,4-10)7-1-5(11)12;6-1-5(2-7,3-8)4(9)10;1-2/h7-10H,1-4H2,(H,11,12);6-8H,1-3H2,(H,9,10);2H2,1H3. The number of hydrogen-bond acceptors (Lipinski definition) is 10. The van der Waals surface area contributed by atoms with Crippen molar-refractivity contribution in [3.63, 3.8) is 0 Å². The van der Waals surface area contributed by atoms with Gasteiger partial charge in [0.15, 0.2) is 0 Å². The molecule has 0 aliphatic rings. The molecule has 0 aliphatic carbocycles. The van der Waals surface area contributed by atoms with Crippen molar-refractivity contribution in [3.05, 3.63) is 0 Å². The molecule has 0 aliphatic heterocycles. The number of aliphatic hydroxyl groups excluding tert-OH is 6. The van der Waals surface area contributed by atoms with Crippen LogP contribution in [0.25, 0.3) is 0 Å². The highest BCUT2D eigenvalue weighted by Gasteiger charge is 2.36.